The van der Waals surface area contributed by atoms with Gasteiger partial charge in [-0.2, -0.15) is 0 Å². The number of nitrogens with two attached hydrogens (primary N) is 1. The van der Waals surface area contributed by atoms with Crippen molar-refractivity contribution < 1.29 is 13.6 Å². The van der Waals surface area contributed by atoms with Gasteiger partial charge in [-0.25, -0.2) is 8.78 Å². The Kier molecular flexibility index (Phi) is 5.44. The van der Waals surface area contributed by atoms with Crippen molar-refractivity contribution >= 4 is 11.6 Å². The normalized spacial score (nSPS) is 10.5. The molecule has 0 saturated carbocycles. The summed E-state index contributed by atoms with van der Waals surface area (Å²) in [6, 6.07) is 3.04. The summed E-state index contributed by atoms with van der Waals surface area (Å²) < 4.78 is 24.9. The summed E-state index contributed by atoms with van der Waals surface area (Å²) in [7, 11) is 1.48. The molecular weight excluding hydrogens is 242 g/mol. The van der Waals surface area contributed by atoms with Gasteiger partial charge < -0.3 is 16.0 Å². The molecule has 18 heavy (non-hydrogen) atoms. The van der Waals surface area contributed by atoms with Gasteiger partial charge >= 0.3 is 0 Å². The molecule has 1 heterocycles. The van der Waals surface area contributed by atoms with Crippen LogP contribution in [0.5, 0.6) is 0 Å². The van der Waals surface area contributed by atoms with E-state index < -0.39 is 13.0 Å². The fourth-order valence-electron chi connectivity index (χ4n) is 1.52. The zero-order valence-corrected chi connectivity index (χ0v) is 10.1. The van der Waals surface area contributed by atoms with Crippen molar-refractivity contribution in [3.8, 4) is 0 Å². The summed E-state index contributed by atoms with van der Waals surface area (Å²) >= 11 is 0. The number of rotatable bonds is 6. The minimum Gasteiger partial charge on any atom is -0.364 e. The van der Waals surface area contributed by atoms with Gasteiger partial charge in [0, 0.05) is 32.0 Å². The average Bonchev–Trinajstić information content (AvgIpc) is 2.37. The standard InChI is InChI=1S/C11H16F2N4O/c1-15-11(18)9-6-8(2-4-16-9)17(5-3-14)7-10(12)13/h2,4,6,10H,3,5,7,14H2,1H3,(H,15,18). The molecule has 0 aliphatic heterocycles. The molecule has 1 rings (SSSR count). The van der Waals surface area contributed by atoms with Gasteiger partial charge in [0.05, 0.1) is 6.54 Å². The third-order valence-corrected chi connectivity index (χ3v) is 2.33. The molecule has 1 amide bonds. The molecule has 0 aromatic carbocycles. The van der Waals surface area contributed by atoms with Crippen molar-refractivity contribution in [3.05, 3.63) is 24.0 Å². The van der Waals surface area contributed by atoms with Gasteiger partial charge in [0.1, 0.15) is 5.69 Å². The first-order chi connectivity index (χ1) is 8.58. The average molecular weight is 258 g/mol. The van der Waals surface area contributed by atoms with Gasteiger partial charge in [0.15, 0.2) is 0 Å². The molecule has 1 aromatic rings. The number of carbonyl (C=O) groups excluding carboxylic acids is 1. The highest BCUT2D eigenvalue weighted by Crippen LogP contribution is 2.15. The van der Waals surface area contributed by atoms with Crippen LogP contribution >= 0.6 is 0 Å². The molecule has 0 bridgehead atoms. The molecule has 100 valence electrons. The van der Waals surface area contributed by atoms with Crippen LogP contribution in [0.1, 0.15) is 10.5 Å². The maximum atomic E-state index is 12.4. The fraction of sp³-hybridized carbons (Fsp3) is 0.455. The third kappa shape index (κ3) is 3.92. The number of carbonyl (C=O) groups is 1. The van der Waals surface area contributed by atoms with Crippen LogP contribution in [0.15, 0.2) is 18.3 Å². The molecule has 0 spiro atoms. The predicted molar refractivity (Wildman–Crippen MR) is 64.9 cm³/mol. The predicted octanol–water partition coefficient (Wildman–Crippen LogP) is 0.471. The molecule has 0 atom stereocenters. The van der Waals surface area contributed by atoms with Gasteiger partial charge in [-0.05, 0) is 12.1 Å². The summed E-state index contributed by atoms with van der Waals surface area (Å²) in [4.78, 5) is 16.7. The van der Waals surface area contributed by atoms with Gasteiger partial charge in [-0.3, -0.25) is 9.78 Å². The third-order valence-electron chi connectivity index (χ3n) is 2.33. The number of alkyl halides is 2. The molecule has 0 radical (unpaired) electrons. The van der Waals surface area contributed by atoms with Crippen molar-refractivity contribution in [3.63, 3.8) is 0 Å². The van der Waals surface area contributed by atoms with Crippen molar-refractivity contribution in [1.82, 2.24) is 10.3 Å². The van der Waals surface area contributed by atoms with Crippen molar-refractivity contribution in [2.24, 2.45) is 5.73 Å². The largest absolute Gasteiger partial charge is 0.364 e. The van der Waals surface area contributed by atoms with Crippen LogP contribution in [0.3, 0.4) is 0 Å². The maximum Gasteiger partial charge on any atom is 0.269 e. The number of nitrogens with one attached hydrogen (secondary N) is 1. The maximum absolute atomic E-state index is 12.4. The smallest absolute Gasteiger partial charge is 0.269 e. The zero-order chi connectivity index (χ0) is 13.5. The van der Waals surface area contributed by atoms with Crippen LogP contribution in [-0.2, 0) is 0 Å². The number of halogens is 2. The SMILES string of the molecule is CNC(=O)c1cc(N(CCN)CC(F)F)ccn1. The minimum atomic E-state index is -2.46. The van der Waals surface area contributed by atoms with Gasteiger partial charge in [-0.1, -0.05) is 0 Å². The Morgan fingerprint density at radius 1 is 1.61 bits per heavy atom. The number of pyridine rings is 1. The molecule has 0 aliphatic carbocycles. The Labute approximate surface area is 104 Å². The number of nitrogens with zero attached hydrogens (tertiary/aromatic N) is 2. The first-order valence-electron chi connectivity index (χ1n) is 5.49. The highest BCUT2D eigenvalue weighted by atomic mass is 19.3. The molecule has 5 nitrogen and oxygen atoms in total. The van der Waals surface area contributed by atoms with E-state index in [1.54, 1.807) is 6.07 Å². The summed E-state index contributed by atoms with van der Waals surface area (Å²) in [5.41, 5.74) is 6.08. The first-order valence-corrected chi connectivity index (χ1v) is 5.49. The Morgan fingerprint density at radius 3 is 2.89 bits per heavy atom. The van der Waals surface area contributed by atoms with Crippen LogP contribution in [-0.4, -0.2) is 44.0 Å². The Balaban J connectivity index is 2.93. The lowest BCUT2D eigenvalue weighted by atomic mass is 10.2. The molecule has 1 aromatic heterocycles. The van der Waals surface area contributed by atoms with Crippen LogP contribution in [0, 0.1) is 0 Å². The van der Waals surface area contributed by atoms with Crippen molar-refractivity contribution in [1.29, 1.82) is 0 Å². The Morgan fingerprint density at radius 2 is 2.33 bits per heavy atom. The van der Waals surface area contributed by atoms with E-state index in [1.807, 2.05) is 0 Å². The number of hydrogen-bond donors (Lipinski definition) is 2. The minimum absolute atomic E-state index is 0.186. The van der Waals surface area contributed by atoms with Gasteiger partial charge in [-0.15, -0.1) is 0 Å². The van der Waals surface area contributed by atoms with E-state index in [4.69, 9.17) is 5.73 Å². The van der Waals surface area contributed by atoms with E-state index >= 15 is 0 Å². The van der Waals surface area contributed by atoms with Crippen LogP contribution in [0.2, 0.25) is 0 Å². The van der Waals surface area contributed by atoms with Crippen molar-refractivity contribution in [2.45, 2.75) is 6.43 Å². The lowest BCUT2D eigenvalue weighted by molar-refractivity contribution is 0.0958. The summed E-state index contributed by atoms with van der Waals surface area (Å²) in [5.74, 6) is -0.360. The molecule has 3 N–H and O–H groups in total. The highest BCUT2D eigenvalue weighted by molar-refractivity contribution is 5.92. The van der Waals surface area contributed by atoms with E-state index in [0.717, 1.165) is 0 Å². The quantitative estimate of drug-likeness (QED) is 0.778. The molecule has 0 fully saturated rings. The monoisotopic (exact) mass is 258 g/mol. The number of amides is 1. The number of hydrogen-bond acceptors (Lipinski definition) is 4. The molecule has 0 saturated heterocycles. The lowest BCUT2D eigenvalue weighted by Gasteiger charge is -2.23. The second-order valence-electron chi connectivity index (χ2n) is 3.60. The van der Waals surface area contributed by atoms with Crippen molar-refractivity contribution in [2.75, 3.05) is 31.6 Å². The Bertz CT molecular complexity index is 400. The Hall–Kier alpha value is -1.76. The van der Waals surface area contributed by atoms with E-state index in [2.05, 4.69) is 10.3 Å². The second kappa shape index (κ2) is 6.85. The van der Waals surface area contributed by atoms with E-state index in [1.165, 1.54) is 24.2 Å². The van der Waals surface area contributed by atoms with Crippen LogP contribution < -0.4 is 16.0 Å². The summed E-state index contributed by atoms with van der Waals surface area (Å²) in [6.07, 6.45) is -1.05. The van der Waals surface area contributed by atoms with Crippen LogP contribution in [0.25, 0.3) is 0 Å². The van der Waals surface area contributed by atoms with Crippen LogP contribution in [0.4, 0.5) is 14.5 Å². The topological polar surface area (TPSA) is 71.2 Å². The van der Waals surface area contributed by atoms with Gasteiger partial charge in [0.2, 0.25) is 0 Å². The van der Waals surface area contributed by atoms with E-state index in [9.17, 15) is 13.6 Å². The van der Waals surface area contributed by atoms with Gasteiger partial charge in [0.25, 0.3) is 12.3 Å². The van der Waals surface area contributed by atoms with E-state index in [0.29, 0.717) is 12.2 Å². The summed E-state index contributed by atoms with van der Waals surface area (Å²) in [5, 5.41) is 2.43. The van der Waals surface area contributed by atoms with E-state index in [-0.39, 0.29) is 18.1 Å². The second-order valence-corrected chi connectivity index (χ2v) is 3.60. The molecule has 0 unspecified atom stereocenters. The lowest BCUT2D eigenvalue weighted by Crippen LogP contribution is -2.34. The number of anilines is 1. The fourth-order valence-corrected chi connectivity index (χ4v) is 1.52. The molecule has 7 heteroatoms. The highest BCUT2D eigenvalue weighted by Gasteiger charge is 2.14. The first kappa shape index (κ1) is 14.3. The number of aromatic nitrogens is 1. The molecular formula is C11H16F2N4O. The molecule has 0 aliphatic rings. The zero-order valence-electron chi connectivity index (χ0n) is 10.1. The summed E-state index contributed by atoms with van der Waals surface area (Å²) in [6.45, 7) is 0.125.